The van der Waals surface area contributed by atoms with E-state index in [-0.39, 0.29) is 0 Å². The van der Waals surface area contributed by atoms with E-state index in [1.165, 1.54) is 25.7 Å². The monoisotopic (exact) mass is 218 g/mol. The molecule has 0 aromatic heterocycles. The Morgan fingerprint density at radius 2 is 1.57 bits per heavy atom. The maximum atomic E-state index is 5.80. The normalized spacial score (nSPS) is 19.1. The van der Waals surface area contributed by atoms with E-state index in [1.807, 2.05) is 13.8 Å². The molecule has 1 fully saturated rings. The van der Waals surface area contributed by atoms with Crippen molar-refractivity contribution in [2.24, 2.45) is 0 Å². The minimum absolute atomic E-state index is 0.535. The van der Waals surface area contributed by atoms with Gasteiger partial charge < -0.3 is 13.3 Å². The Labute approximate surface area is 88.1 Å². The molecule has 0 atom stereocenters. The first-order valence-corrected chi connectivity index (χ1v) is 7.42. The second-order valence-electron chi connectivity index (χ2n) is 3.66. The Kier molecular flexibility index (Phi) is 5.09. The lowest BCUT2D eigenvalue weighted by atomic mass is 10.4. The highest BCUT2D eigenvalue weighted by Crippen LogP contribution is 2.39. The van der Waals surface area contributed by atoms with E-state index in [9.17, 15) is 0 Å². The van der Waals surface area contributed by atoms with Gasteiger partial charge in [0.1, 0.15) is 0 Å². The molecule has 84 valence electrons. The van der Waals surface area contributed by atoms with Crippen molar-refractivity contribution in [2.75, 3.05) is 20.3 Å². The molecule has 0 heterocycles. The zero-order valence-corrected chi connectivity index (χ0v) is 10.5. The molecule has 1 aliphatic rings. The Bertz CT molecular complexity index is 151. The summed E-state index contributed by atoms with van der Waals surface area (Å²) in [6.07, 6.45) is 5.01. The minimum Gasteiger partial charge on any atom is -0.377 e. The smallest absolute Gasteiger partial charge is 0.377 e. The Morgan fingerprint density at radius 1 is 1.07 bits per heavy atom. The van der Waals surface area contributed by atoms with Crippen LogP contribution in [-0.2, 0) is 13.3 Å². The molecule has 1 rings (SSSR count). The molecule has 1 saturated carbocycles. The lowest BCUT2D eigenvalue weighted by Gasteiger charge is -2.32. The first kappa shape index (κ1) is 12.2. The van der Waals surface area contributed by atoms with E-state index in [0.29, 0.717) is 18.8 Å². The summed E-state index contributed by atoms with van der Waals surface area (Å²) >= 11 is 0. The number of rotatable bonds is 6. The van der Waals surface area contributed by atoms with E-state index >= 15 is 0 Å². The highest BCUT2D eigenvalue weighted by atomic mass is 28.4. The van der Waals surface area contributed by atoms with Gasteiger partial charge in [0, 0.05) is 25.9 Å². The molecule has 0 amide bonds. The number of hydrogen-bond acceptors (Lipinski definition) is 3. The van der Waals surface area contributed by atoms with Crippen LogP contribution in [0.3, 0.4) is 0 Å². The molecule has 0 aromatic rings. The average molecular weight is 218 g/mol. The van der Waals surface area contributed by atoms with E-state index in [0.717, 1.165) is 0 Å². The van der Waals surface area contributed by atoms with Crippen LogP contribution in [0.25, 0.3) is 0 Å². The van der Waals surface area contributed by atoms with Crippen molar-refractivity contribution in [3.05, 3.63) is 0 Å². The van der Waals surface area contributed by atoms with Crippen LogP contribution < -0.4 is 0 Å². The van der Waals surface area contributed by atoms with Gasteiger partial charge in [-0.2, -0.15) is 0 Å². The van der Waals surface area contributed by atoms with E-state index in [4.69, 9.17) is 13.3 Å². The molecule has 1 aliphatic carbocycles. The van der Waals surface area contributed by atoms with Crippen LogP contribution in [-0.4, -0.2) is 29.1 Å². The van der Waals surface area contributed by atoms with Crippen molar-refractivity contribution < 1.29 is 13.3 Å². The molecule has 3 nitrogen and oxygen atoms in total. The fourth-order valence-corrected chi connectivity index (χ4v) is 5.29. The summed E-state index contributed by atoms with van der Waals surface area (Å²) < 4.78 is 17.2. The molecule has 0 bridgehead atoms. The quantitative estimate of drug-likeness (QED) is 0.641. The van der Waals surface area contributed by atoms with Gasteiger partial charge in [0.05, 0.1) is 0 Å². The summed E-state index contributed by atoms with van der Waals surface area (Å²) in [4.78, 5) is 0. The fraction of sp³-hybridized carbons (Fsp3) is 1.00. The van der Waals surface area contributed by atoms with Gasteiger partial charge in [-0.25, -0.2) is 0 Å². The summed E-state index contributed by atoms with van der Waals surface area (Å²) in [5, 5.41) is 0. The molecule has 0 radical (unpaired) electrons. The summed E-state index contributed by atoms with van der Waals surface area (Å²) in [7, 11) is -0.604. The Balaban J connectivity index is 2.64. The van der Waals surface area contributed by atoms with Crippen LogP contribution in [0.2, 0.25) is 5.54 Å². The van der Waals surface area contributed by atoms with Gasteiger partial charge in [0.15, 0.2) is 0 Å². The molecular weight excluding hydrogens is 196 g/mol. The average Bonchev–Trinajstić information content (AvgIpc) is 2.70. The number of hydrogen-bond donors (Lipinski definition) is 0. The summed E-state index contributed by atoms with van der Waals surface area (Å²) in [6.45, 7) is 5.40. The molecular formula is C10H22O3Si. The molecule has 0 saturated heterocycles. The van der Waals surface area contributed by atoms with Crippen LogP contribution in [0.1, 0.15) is 39.5 Å². The van der Waals surface area contributed by atoms with Gasteiger partial charge in [-0.05, 0) is 26.7 Å². The van der Waals surface area contributed by atoms with Gasteiger partial charge in [0.25, 0.3) is 0 Å². The van der Waals surface area contributed by atoms with Gasteiger partial charge in [-0.15, -0.1) is 0 Å². The molecule has 0 spiro atoms. The van der Waals surface area contributed by atoms with Crippen molar-refractivity contribution in [3.63, 3.8) is 0 Å². The van der Waals surface area contributed by atoms with Crippen molar-refractivity contribution in [3.8, 4) is 0 Å². The topological polar surface area (TPSA) is 27.7 Å². The van der Waals surface area contributed by atoms with Crippen molar-refractivity contribution in [1.82, 2.24) is 0 Å². The van der Waals surface area contributed by atoms with Crippen molar-refractivity contribution >= 4 is 8.80 Å². The zero-order chi connectivity index (χ0) is 10.4. The Hall–Kier alpha value is 0.0969. The highest BCUT2D eigenvalue weighted by Gasteiger charge is 2.49. The predicted molar refractivity (Wildman–Crippen MR) is 58.2 cm³/mol. The second kappa shape index (κ2) is 5.85. The molecule has 0 N–H and O–H groups in total. The largest absolute Gasteiger partial charge is 0.503 e. The van der Waals surface area contributed by atoms with Crippen LogP contribution in [0.5, 0.6) is 0 Å². The second-order valence-corrected chi connectivity index (χ2v) is 6.66. The van der Waals surface area contributed by atoms with E-state index in [1.54, 1.807) is 7.11 Å². The molecule has 14 heavy (non-hydrogen) atoms. The van der Waals surface area contributed by atoms with Crippen LogP contribution in [0.4, 0.5) is 0 Å². The van der Waals surface area contributed by atoms with Gasteiger partial charge >= 0.3 is 8.80 Å². The maximum absolute atomic E-state index is 5.80. The first-order chi connectivity index (χ1) is 6.79. The lowest BCUT2D eigenvalue weighted by molar-refractivity contribution is 0.0761. The minimum atomic E-state index is -2.34. The third-order valence-electron chi connectivity index (χ3n) is 2.83. The molecule has 4 heteroatoms. The van der Waals surface area contributed by atoms with Gasteiger partial charge in [0.2, 0.25) is 0 Å². The van der Waals surface area contributed by atoms with Gasteiger partial charge in [-0.3, -0.25) is 0 Å². The molecule has 0 unspecified atom stereocenters. The van der Waals surface area contributed by atoms with Crippen molar-refractivity contribution in [1.29, 1.82) is 0 Å². The van der Waals surface area contributed by atoms with Crippen molar-refractivity contribution in [2.45, 2.75) is 45.1 Å². The van der Waals surface area contributed by atoms with Gasteiger partial charge in [-0.1, -0.05) is 12.8 Å². The molecule has 0 aliphatic heterocycles. The van der Waals surface area contributed by atoms with Crippen LogP contribution >= 0.6 is 0 Å². The Morgan fingerprint density at radius 3 is 1.93 bits per heavy atom. The molecule has 0 aromatic carbocycles. The van der Waals surface area contributed by atoms with E-state index in [2.05, 4.69) is 0 Å². The van der Waals surface area contributed by atoms with Crippen LogP contribution in [0.15, 0.2) is 0 Å². The third kappa shape index (κ3) is 2.57. The standard InChI is InChI=1S/C10H22O3Si/c1-4-12-14(11-3,13-5-2)10-8-6-7-9-10/h10H,4-9H2,1-3H3. The third-order valence-corrected chi connectivity index (χ3v) is 6.36. The first-order valence-electron chi connectivity index (χ1n) is 5.62. The predicted octanol–water partition coefficient (Wildman–Crippen LogP) is 2.59. The SMILES string of the molecule is CCO[Si](OC)(OCC)C1CCCC1. The summed E-state index contributed by atoms with van der Waals surface area (Å²) in [5.74, 6) is 0. The maximum Gasteiger partial charge on any atom is 0.503 e. The van der Waals surface area contributed by atoms with E-state index < -0.39 is 8.80 Å². The summed E-state index contributed by atoms with van der Waals surface area (Å²) in [5.41, 5.74) is 0.535. The lowest BCUT2D eigenvalue weighted by Crippen LogP contribution is -2.48. The van der Waals surface area contributed by atoms with Crippen LogP contribution in [0, 0.1) is 0 Å². The fourth-order valence-electron chi connectivity index (χ4n) is 2.24. The summed E-state index contributed by atoms with van der Waals surface area (Å²) in [6, 6.07) is 0. The zero-order valence-electron chi connectivity index (χ0n) is 9.54. The highest BCUT2D eigenvalue weighted by molar-refractivity contribution is 6.62.